The van der Waals surface area contributed by atoms with Crippen molar-refractivity contribution in [3.05, 3.63) is 0 Å². The lowest BCUT2D eigenvalue weighted by molar-refractivity contribution is -0.145. The molecule has 0 aromatic carbocycles. The molecule has 0 aromatic heterocycles. The number of hydrogen-bond acceptors (Lipinski definition) is 6. The molecule has 2 aliphatic heterocycles. The fourth-order valence-corrected chi connectivity index (χ4v) is 8.09. The summed E-state index contributed by atoms with van der Waals surface area (Å²) in [5.41, 5.74) is 1.21. The number of carbonyl (C=O) groups excluding carboxylic acids is 1. The lowest BCUT2D eigenvalue weighted by Gasteiger charge is -2.53. The summed E-state index contributed by atoms with van der Waals surface area (Å²) in [7, 11) is 4.44. The van der Waals surface area contributed by atoms with Crippen LogP contribution in [0.1, 0.15) is 183 Å². The van der Waals surface area contributed by atoms with Gasteiger partial charge in [-0.1, -0.05) is 97.4 Å². The van der Waals surface area contributed by atoms with E-state index in [1.165, 1.54) is 64.8 Å². The van der Waals surface area contributed by atoms with Crippen LogP contribution in [-0.4, -0.2) is 97.9 Å². The summed E-state index contributed by atoms with van der Waals surface area (Å²) in [6, 6.07) is 0. The number of ether oxygens (including phenoxy) is 2. The average molecular weight is 702 g/mol. The molecule has 0 aromatic rings. The minimum Gasteiger partial charge on any atom is -0.466 e. The van der Waals surface area contributed by atoms with E-state index in [1.54, 1.807) is 0 Å². The van der Waals surface area contributed by atoms with E-state index < -0.39 is 0 Å². The molecule has 0 spiro atoms. The third-order valence-electron chi connectivity index (χ3n) is 10.4. The molecular weight excluding hydrogens is 606 g/mol. The average Bonchev–Trinajstić information content (AvgIpc) is 2.90. The van der Waals surface area contributed by atoms with E-state index in [-0.39, 0.29) is 46.8 Å². The molecule has 0 unspecified atom stereocenters. The van der Waals surface area contributed by atoms with Gasteiger partial charge in [0.05, 0.1) is 12.7 Å². The van der Waals surface area contributed by atoms with Gasteiger partial charge in [-0.15, -0.1) is 0 Å². The Morgan fingerprint density at radius 3 is 1.55 bits per heavy atom. The summed E-state index contributed by atoms with van der Waals surface area (Å²) in [6.07, 6.45) is 14.1. The highest BCUT2D eigenvalue weighted by Crippen LogP contribution is 2.49. The summed E-state index contributed by atoms with van der Waals surface area (Å²) in [5.74, 6) is 0.500. The van der Waals surface area contributed by atoms with Crippen LogP contribution in [-0.2, 0) is 14.3 Å². The van der Waals surface area contributed by atoms with Gasteiger partial charge in [-0.25, -0.2) is 0 Å². The minimum atomic E-state index is 0. The second-order valence-electron chi connectivity index (χ2n) is 17.5. The van der Waals surface area contributed by atoms with Crippen molar-refractivity contribution >= 4 is 5.97 Å². The maximum absolute atomic E-state index is 11.8. The molecule has 2 saturated heterocycles. The molecule has 1 saturated carbocycles. The third kappa shape index (κ3) is 22.8. The summed E-state index contributed by atoms with van der Waals surface area (Å²) in [6.45, 7) is 33.1. The van der Waals surface area contributed by atoms with Crippen LogP contribution >= 0.6 is 0 Å². The molecule has 300 valence electrons. The first-order chi connectivity index (χ1) is 20.9. The van der Waals surface area contributed by atoms with Gasteiger partial charge in [0.25, 0.3) is 0 Å². The first-order valence-corrected chi connectivity index (χ1v) is 18.8. The van der Waals surface area contributed by atoms with Gasteiger partial charge in [0.2, 0.25) is 0 Å². The van der Waals surface area contributed by atoms with Crippen molar-refractivity contribution in [2.75, 3.05) is 60.0 Å². The number of piperidine rings is 1. The SMILES string of the molecule is C.C.C.C.CCCCN1CCN(C)CC1.CCCCOC(=O)CC1CC(C)(C)CC(C)(C)C1.CCCCOC1CC(C)(C)N(C)C(C)(C)C1. The zero-order valence-electron chi connectivity index (χ0n) is 32.7. The molecule has 0 amide bonds. The normalized spacial score (nSPS) is 21.8. The molecule has 6 nitrogen and oxygen atoms in total. The van der Waals surface area contributed by atoms with Crippen LogP contribution in [0.3, 0.4) is 0 Å². The Bertz CT molecular complexity index is 765. The molecule has 3 rings (SSSR count). The van der Waals surface area contributed by atoms with Crippen LogP contribution in [0.5, 0.6) is 0 Å². The van der Waals surface area contributed by atoms with Gasteiger partial charge in [-0.3, -0.25) is 9.69 Å². The Labute approximate surface area is 311 Å². The van der Waals surface area contributed by atoms with Crippen LogP contribution in [0.25, 0.3) is 0 Å². The summed E-state index contributed by atoms with van der Waals surface area (Å²) in [5, 5.41) is 0. The van der Waals surface area contributed by atoms with Crippen LogP contribution in [0.2, 0.25) is 0 Å². The number of piperazine rings is 1. The topological polar surface area (TPSA) is 45.3 Å². The molecule has 0 radical (unpaired) electrons. The quantitative estimate of drug-likeness (QED) is 0.149. The predicted octanol–water partition coefficient (Wildman–Crippen LogP) is 11.6. The van der Waals surface area contributed by atoms with Crippen molar-refractivity contribution in [2.24, 2.45) is 16.7 Å². The number of hydrogen-bond donors (Lipinski definition) is 0. The molecular formula is C43H95N3O3. The van der Waals surface area contributed by atoms with Crippen molar-refractivity contribution in [1.29, 1.82) is 0 Å². The van der Waals surface area contributed by atoms with E-state index in [0.717, 1.165) is 45.1 Å². The zero-order chi connectivity index (χ0) is 34.3. The molecule has 0 bridgehead atoms. The van der Waals surface area contributed by atoms with Crippen molar-refractivity contribution in [3.63, 3.8) is 0 Å². The zero-order valence-corrected chi connectivity index (χ0v) is 32.7. The van der Waals surface area contributed by atoms with E-state index in [2.05, 4.69) is 105 Å². The summed E-state index contributed by atoms with van der Waals surface area (Å²) in [4.78, 5) is 19.3. The molecule has 3 fully saturated rings. The van der Waals surface area contributed by atoms with Crippen molar-refractivity contribution in [3.8, 4) is 0 Å². The van der Waals surface area contributed by atoms with Crippen LogP contribution in [0.4, 0.5) is 0 Å². The maximum atomic E-state index is 11.8. The van der Waals surface area contributed by atoms with Crippen LogP contribution in [0, 0.1) is 16.7 Å². The number of likely N-dealkylation sites (tertiary alicyclic amines) is 1. The molecule has 3 aliphatic rings. The number of esters is 1. The van der Waals surface area contributed by atoms with Crippen LogP contribution in [0.15, 0.2) is 0 Å². The molecule has 2 heterocycles. The molecule has 0 atom stereocenters. The Kier molecular flexibility index (Phi) is 29.4. The van der Waals surface area contributed by atoms with Crippen molar-refractivity contribution in [2.45, 2.75) is 200 Å². The van der Waals surface area contributed by atoms with Gasteiger partial charge in [0.1, 0.15) is 0 Å². The maximum Gasteiger partial charge on any atom is 0.306 e. The number of likely N-dealkylation sites (N-methyl/N-ethyl adjacent to an activating group) is 1. The lowest BCUT2D eigenvalue weighted by Crippen LogP contribution is -2.60. The van der Waals surface area contributed by atoms with Gasteiger partial charge < -0.3 is 19.3 Å². The Hall–Kier alpha value is -0.690. The highest BCUT2D eigenvalue weighted by molar-refractivity contribution is 5.69. The second kappa shape index (κ2) is 26.1. The van der Waals surface area contributed by atoms with E-state index in [1.807, 2.05) is 0 Å². The summed E-state index contributed by atoms with van der Waals surface area (Å²) >= 11 is 0. The van der Waals surface area contributed by atoms with Gasteiger partial charge >= 0.3 is 5.97 Å². The lowest BCUT2D eigenvalue weighted by atomic mass is 9.61. The Morgan fingerprint density at radius 2 is 1.10 bits per heavy atom. The monoisotopic (exact) mass is 702 g/mol. The van der Waals surface area contributed by atoms with Gasteiger partial charge in [0, 0.05) is 50.3 Å². The standard InChI is InChI=1S/C16H30O2.C14H29NO.C9H20N2.4CH4/c1-6-7-8-18-14(17)9-13-10-15(2,3)12-16(4,5)11-13;1-7-8-9-16-12-10-13(2,3)15(6)14(4,5)11-12;1-3-4-5-11-8-6-10(2)7-9-11;;;;/h13H,6-12H2,1-5H3;12H,7-11H2,1-6H3;3-9H2,1-2H3;4*1H4. The van der Waals surface area contributed by atoms with E-state index in [4.69, 9.17) is 9.47 Å². The fourth-order valence-electron chi connectivity index (χ4n) is 8.09. The van der Waals surface area contributed by atoms with Gasteiger partial charge in [-0.2, -0.15) is 0 Å². The van der Waals surface area contributed by atoms with Crippen molar-refractivity contribution < 1.29 is 14.3 Å². The number of unbranched alkanes of at least 4 members (excludes halogenated alkanes) is 3. The number of nitrogens with zero attached hydrogens (tertiary/aromatic N) is 3. The summed E-state index contributed by atoms with van der Waals surface area (Å²) < 4.78 is 11.3. The van der Waals surface area contributed by atoms with E-state index >= 15 is 0 Å². The van der Waals surface area contributed by atoms with Gasteiger partial charge in [-0.05, 0) is 116 Å². The predicted molar refractivity (Wildman–Crippen MR) is 221 cm³/mol. The minimum absolute atomic E-state index is 0. The number of carbonyl (C=O) groups is 1. The molecule has 49 heavy (non-hydrogen) atoms. The largest absolute Gasteiger partial charge is 0.466 e. The fraction of sp³-hybridized carbons (Fsp3) is 0.977. The van der Waals surface area contributed by atoms with E-state index in [9.17, 15) is 4.79 Å². The third-order valence-corrected chi connectivity index (χ3v) is 10.4. The highest BCUT2D eigenvalue weighted by atomic mass is 16.5. The molecule has 6 heteroatoms. The smallest absolute Gasteiger partial charge is 0.306 e. The second-order valence-corrected chi connectivity index (χ2v) is 17.5. The molecule has 1 aliphatic carbocycles. The van der Waals surface area contributed by atoms with Gasteiger partial charge in [0.15, 0.2) is 0 Å². The Morgan fingerprint density at radius 1 is 0.653 bits per heavy atom. The highest BCUT2D eigenvalue weighted by Gasteiger charge is 2.43. The molecule has 0 N–H and O–H groups in total. The number of rotatable bonds is 12. The van der Waals surface area contributed by atoms with Crippen LogP contribution < -0.4 is 0 Å². The van der Waals surface area contributed by atoms with Crippen molar-refractivity contribution in [1.82, 2.24) is 14.7 Å². The Balaban J connectivity index is -0.000000305. The first-order valence-electron chi connectivity index (χ1n) is 18.8. The first kappa shape index (κ1) is 55.1. The van der Waals surface area contributed by atoms with E-state index in [0.29, 0.717) is 35.9 Å².